The maximum Gasteiger partial charge on any atom is 1.00 e. The van der Waals surface area contributed by atoms with Crippen molar-refractivity contribution in [2.75, 3.05) is 5.32 Å². The number of nitrogens with one attached hydrogen (secondary N) is 1. The van der Waals surface area contributed by atoms with Crippen LogP contribution in [0.25, 0.3) is 22.3 Å². The molecule has 4 rings (SSSR count). The number of aliphatic hydroxyl groups is 2. The molecule has 13 heteroatoms. The minimum absolute atomic E-state index is 0. The number of hydrogen-bond acceptors (Lipinski definition) is 6. The fraction of sp³-hybridized carbons (Fsp3) is 0.273. The molecule has 46 heavy (non-hydrogen) atoms. The number of sulfonamides is 1. The van der Waals surface area contributed by atoms with Crippen LogP contribution in [-0.2, 0) is 21.2 Å². The number of benzene rings is 3. The van der Waals surface area contributed by atoms with E-state index in [1.54, 1.807) is 12.1 Å². The molecule has 0 bridgehead atoms. The molecule has 0 aliphatic carbocycles. The van der Waals surface area contributed by atoms with E-state index in [0.717, 1.165) is 0 Å². The van der Waals surface area contributed by atoms with E-state index in [-0.39, 0.29) is 61.2 Å². The Morgan fingerprint density at radius 1 is 0.913 bits per heavy atom. The van der Waals surface area contributed by atoms with Crippen molar-refractivity contribution in [3.63, 3.8) is 0 Å². The summed E-state index contributed by atoms with van der Waals surface area (Å²) < 4.78 is 39.4. The summed E-state index contributed by atoms with van der Waals surface area (Å²) in [5.74, 6) is -2.10. The maximum absolute atomic E-state index is 14.2. The third kappa shape index (κ3) is 9.13. The molecular weight excluding hydrogens is 624 g/mol. The van der Waals surface area contributed by atoms with Crippen molar-refractivity contribution in [2.24, 2.45) is 5.14 Å². The minimum atomic E-state index is -3.93. The van der Waals surface area contributed by atoms with E-state index in [2.05, 4.69) is 5.32 Å². The molecule has 0 spiro atoms. The van der Waals surface area contributed by atoms with E-state index in [1.807, 2.05) is 48.7 Å². The van der Waals surface area contributed by atoms with Crippen molar-refractivity contribution in [1.29, 1.82) is 0 Å². The summed E-state index contributed by atoms with van der Waals surface area (Å²) in [6.45, 7) is 3.80. The van der Waals surface area contributed by atoms with E-state index in [0.29, 0.717) is 39.3 Å². The summed E-state index contributed by atoms with van der Waals surface area (Å²) in [7, 11) is -3.93. The van der Waals surface area contributed by atoms with Crippen molar-refractivity contribution in [1.82, 2.24) is 4.57 Å². The molecule has 0 unspecified atom stereocenters. The number of carboxylic acid groups (broad SMARTS) is 1. The molecular formula is C33H37FN3NaO7S. The normalized spacial score (nSPS) is 12.8. The number of aliphatic hydroxyl groups excluding tert-OH is 2. The molecule has 0 aliphatic heterocycles. The Morgan fingerprint density at radius 2 is 1.50 bits per heavy atom. The van der Waals surface area contributed by atoms with Crippen molar-refractivity contribution in [3.05, 3.63) is 96.1 Å². The number of carboxylic acids is 1. The van der Waals surface area contributed by atoms with Crippen LogP contribution < -0.4 is 40.0 Å². The van der Waals surface area contributed by atoms with Gasteiger partial charge in [0, 0.05) is 28.6 Å². The molecule has 0 radical (unpaired) electrons. The van der Waals surface area contributed by atoms with Gasteiger partial charge in [-0.2, -0.15) is 0 Å². The quantitative estimate of drug-likeness (QED) is 0.137. The number of rotatable bonds is 13. The van der Waals surface area contributed by atoms with Crippen LogP contribution in [0.2, 0.25) is 0 Å². The van der Waals surface area contributed by atoms with Crippen LogP contribution in [0, 0.1) is 5.82 Å². The van der Waals surface area contributed by atoms with Gasteiger partial charge in [-0.05, 0) is 80.6 Å². The standard InChI is InChI=1S/C33H36FN3O7S.Na.H/c1-20(2)37-28(17-14-25(38)18-26(39)19-29(40)41)30(22-8-10-23(34)11-9-22)31(21-6-4-3-5-7-21)32(37)33(42)36-24-12-15-27(16-13-24)45(35,43)44;;/h3-13,15-16,20,25-26,38-39H,14,17-19H2,1-2H3,(H,36,42)(H,40,41)(H2,35,43,44);;/q;+1;-1/t25-,26-;;/m1../s1. The number of carbonyl (C=O) groups excluding carboxylic acids is 1. The molecule has 6 N–H and O–H groups in total. The molecule has 1 amide bonds. The molecule has 1 aromatic heterocycles. The van der Waals surface area contributed by atoms with Gasteiger partial charge in [0.2, 0.25) is 10.0 Å². The van der Waals surface area contributed by atoms with Gasteiger partial charge >= 0.3 is 35.5 Å². The summed E-state index contributed by atoms with van der Waals surface area (Å²) in [4.78, 5) is 25.1. The van der Waals surface area contributed by atoms with Crippen molar-refractivity contribution >= 4 is 27.6 Å². The van der Waals surface area contributed by atoms with Gasteiger partial charge in [-0.25, -0.2) is 17.9 Å². The second-order valence-corrected chi connectivity index (χ2v) is 12.6. The number of hydrogen-bond donors (Lipinski definition) is 5. The van der Waals surface area contributed by atoms with Gasteiger partial charge in [0.25, 0.3) is 5.91 Å². The number of aliphatic carboxylic acids is 1. The Hall–Kier alpha value is -3.36. The van der Waals surface area contributed by atoms with Crippen molar-refractivity contribution in [3.8, 4) is 22.3 Å². The molecule has 0 saturated carbocycles. The minimum Gasteiger partial charge on any atom is -1.00 e. The number of nitrogens with zero attached hydrogens (tertiary/aromatic N) is 1. The summed E-state index contributed by atoms with van der Waals surface area (Å²) in [5.41, 5.74) is 3.88. The van der Waals surface area contributed by atoms with Crippen LogP contribution in [0.3, 0.4) is 0 Å². The predicted molar refractivity (Wildman–Crippen MR) is 170 cm³/mol. The van der Waals surface area contributed by atoms with Crippen molar-refractivity contribution < 1.29 is 68.7 Å². The van der Waals surface area contributed by atoms with Crippen LogP contribution >= 0.6 is 0 Å². The Kier molecular flexibility index (Phi) is 12.9. The summed E-state index contributed by atoms with van der Waals surface area (Å²) in [5, 5.41) is 37.9. The molecule has 4 aromatic rings. The molecule has 10 nitrogen and oxygen atoms in total. The molecule has 3 aromatic carbocycles. The smallest absolute Gasteiger partial charge is 1.00 e. The number of primary sulfonamides is 1. The molecule has 0 fully saturated rings. The molecule has 2 atom stereocenters. The summed E-state index contributed by atoms with van der Waals surface area (Å²) in [6, 6.07) is 20.3. The molecule has 240 valence electrons. The molecule has 0 saturated heterocycles. The third-order valence-corrected chi connectivity index (χ3v) is 8.27. The van der Waals surface area contributed by atoms with E-state index in [1.165, 1.54) is 36.4 Å². The Balaban J connectivity index is 0.00000384. The zero-order chi connectivity index (χ0) is 32.9. The first-order valence-corrected chi connectivity index (χ1v) is 15.9. The second-order valence-electron chi connectivity index (χ2n) is 11.1. The largest absolute Gasteiger partial charge is 1.00 e. The zero-order valence-corrected chi connectivity index (χ0v) is 28.7. The van der Waals surface area contributed by atoms with E-state index in [9.17, 15) is 32.6 Å². The van der Waals surface area contributed by atoms with Crippen LogP contribution in [0.5, 0.6) is 0 Å². The number of carbonyl (C=O) groups is 2. The maximum atomic E-state index is 14.2. The average Bonchev–Trinajstić information content (AvgIpc) is 3.32. The van der Waals surface area contributed by atoms with Crippen LogP contribution in [-0.4, -0.2) is 52.4 Å². The summed E-state index contributed by atoms with van der Waals surface area (Å²) >= 11 is 0. The fourth-order valence-electron chi connectivity index (χ4n) is 5.43. The van der Waals surface area contributed by atoms with E-state index in [4.69, 9.17) is 10.2 Å². The second kappa shape index (κ2) is 16.0. The van der Waals surface area contributed by atoms with Gasteiger partial charge in [-0.15, -0.1) is 0 Å². The monoisotopic (exact) mass is 661 g/mol. The number of halogens is 1. The van der Waals surface area contributed by atoms with Crippen molar-refractivity contribution in [2.45, 2.75) is 62.7 Å². The Morgan fingerprint density at radius 3 is 2.04 bits per heavy atom. The zero-order valence-electron chi connectivity index (χ0n) is 26.9. The fourth-order valence-corrected chi connectivity index (χ4v) is 5.94. The van der Waals surface area contributed by atoms with Gasteiger partial charge < -0.3 is 26.6 Å². The van der Waals surface area contributed by atoms with Gasteiger partial charge in [0.05, 0.1) is 23.5 Å². The van der Waals surface area contributed by atoms with Gasteiger partial charge in [0.1, 0.15) is 11.5 Å². The first kappa shape index (κ1) is 37.1. The van der Waals surface area contributed by atoms with E-state index >= 15 is 0 Å². The SMILES string of the molecule is CC(C)n1c(CC[C@@H](O)C[C@@H](O)CC(=O)O)c(-c2ccc(F)cc2)c(-c2ccccc2)c1C(=O)Nc1ccc(S(N)(=O)=O)cc1.[H-].[Na+]. The predicted octanol–water partition coefficient (Wildman–Crippen LogP) is 2.08. The van der Waals surface area contributed by atoms with Crippen LogP contribution in [0.15, 0.2) is 83.8 Å². The van der Waals surface area contributed by atoms with Gasteiger partial charge in [-0.3, -0.25) is 9.59 Å². The Bertz CT molecular complexity index is 1770. The number of anilines is 1. The number of aromatic nitrogens is 1. The van der Waals surface area contributed by atoms with Gasteiger partial charge in [0.15, 0.2) is 0 Å². The number of amides is 1. The van der Waals surface area contributed by atoms with E-state index < -0.39 is 46.3 Å². The van der Waals surface area contributed by atoms with Crippen LogP contribution in [0.4, 0.5) is 10.1 Å². The number of nitrogens with two attached hydrogens (primary N) is 1. The Labute approximate surface area is 290 Å². The van der Waals surface area contributed by atoms with Crippen LogP contribution in [0.1, 0.15) is 56.8 Å². The third-order valence-electron chi connectivity index (χ3n) is 7.34. The molecule has 1 heterocycles. The summed E-state index contributed by atoms with van der Waals surface area (Å²) in [6.07, 6.45) is -2.53. The van der Waals surface area contributed by atoms with Gasteiger partial charge in [-0.1, -0.05) is 42.5 Å². The average molecular weight is 662 g/mol. The topological polar surface area (TPSA) is 172 Å². The molecule has 0 aliphatic rings. The first-order valence-electron chi connectivity index (χ1n) is 14.4. The first-order chi connectivity index (χ1) is 21.3.